The van der Waals surface area contributed by atoms with Crippen molar-refractivity contribution in [2.45, 2.75) is 6.04 Å². The van der Waals surface area contributed by atoms with Crippen molar-refractivity contribution < 1.29 is 8.78 Å². The lowest BCUT2D eigenvalue weighted by Crippen LogP contribution is -2.14. The van der Waals surface area contributed by atoms with Crippen molar-refractivity contribution in [2.75, 3.05) is 0 Å². The second-order valence-electron chi connectivity index (χ2n) is 3.94. The summed E-state index contributed by atoms with van der Waals surface area (Å²) in [4.78, 5) is 0. The lowest BCUT2D eigenvalue weighted by Gasteiger charge is -2.14. The third-order valence-electron chi connectivity index (χ3n) is 2.68. The van der Waals surface area contributed by atoms with Gasteiger partial charge in [0.2, 0.25) is 0 Å². The van der Waals surface area contributed by atoms with Crippen LogP contribution in [0.1, 0.15) is 17.2 Å². The summed E-state index contributed by atoms with van der Waals surface area (Å²) in [6.07, 6.45) is 0. The molecule has 2 aromatic carbocycles. The monoisotopic (exact) mass is 321 g/mol. The minimum Gasteiger partial charge on any atom is -0.320 e. The molecule has 0 saturated carbocycles. The Hall–Kier alpha value is -0.870. The largest absolute Gasteiger partial charge is 0.320 e. The lowest BCUT2D eigenvalue weighted by atomic mass is 9.99. The Balaban J connectivity index is 2.46. The van der Waals surface area contributed by atoms with E-state index in [1.807, 2.05) is 0 Å². The van der Waals surface area contributed by atoms with Crippen LogP contribution in [-0.4, -0.2) is 0 Å². The Morgan fingerprint density at radius 1 is 0.842 bits per heavy atom. The average Bonchev–Trinajstić information content (AvgIpc) is 2.36. The Morgan fingerprint density at radius 3 is 2.16 bits per heavy atom. The first kappa shape index (κ1) is 14.5. The van der Waals surface area contributed by atoms with Crippen molar-refractivity contribution in [3.63, 3.8) is 0 Å². The second-order valence-corrected chi connectivity index (χ2v) is 5.16. The van der Waals surface area contributed by atoms with Gasteiger partial charge in [-0.3, -0.25) is 0 Å². The number of hydrogen-bond acceptors (Lipinski definition) is 1. The van der Waals surface area contributed by atoms with Gasteiger partial charge in [0.1, 0.15) is 11.6 Å². The van der Waals surface area contributed by atoms with Crippen molar-refractivity contribution in [1.29, 1.82) is 0 Å². The molecule has 2 rings (SSSR count). The Bertz CT molecular complexity index is 632. The van der Waals surface area contributed by atoms with E-state index >= 15 is 0 Å². The highest BCUT2D eigenvalue weighted by molar-refractivity contribution is 6.42. The van der Waals surface area contributed by atoms with Crippen LogP contribution in [0.3, 0.4) is 0 Å². The average molecular weight is 323 g/mol. The first-order chi connectivity index (χ1) is 8.90. The van der Waals surface area contributed by atoms with Crippen molar-refractivity contribution in [2.24, 2.45) is 5.73 Å². The van der Waals surface area contributed by atoms with Crippen molar-refractivity contribution in [3.8, 4) is 0 Å². The van der Waals surface area contributed by atoms with E-state index in [-0.39, 0.29) is 10.6 Å². The van der Waals surface area contributed by atoms with Gasteiger partial charge in [-0.05, 0) is 29.8 Å². The molecule has 2 N–H and O–H groups in total. The standard InChI is InChI=1S/C13H8Cl3F2N/c14-8-2-1-6(3-9(8)15)13(19)7-4-12(18)10(16)5-11(7)17/h1-5,13H,19H2. The first-order valence-corrected chi connectivity index (χ1v) is 6.38. The molecule has 0 aliphatic carbocycles. The van der Waals surface area contributed by atoms with E-state index in [1.165, 1.54) is 6.07 Å². The molecule has 100 valence electrons. The summed E-state index contributed by atoms with van der Waals surface area (Å²) in [5, 5.41) is 0.368. The van der Waals surface area contributed by atoms with Crippen LogP contribution < -0.4 is 5.73 Å². The quantitative estimate of drug-likeness (QED) is 0.776. The van der Waals surface area contributed by atoms with E-state index in [1.54, 1.807) is 12.1 Å². The summed E-state index contributed by atoms with van der Waals surface area (Å²) < 4.78 is 27.1. The highest BCUT2D eigenvalue weighted by Crippen LogP contribution is 2.30. The summed E-state index contributed by atoms with van der Waals surface area (Å²) in [6.45, 7) is 0. The molecular formula is C13H8Cl3F2N. The van der Waals surface area contributed by atoms with Gasteiger partial charge in [-0.1, -0.05) is 40.9 Å². The molecule has 0 aliphatic rings. The number of halogens is 5. The molecule has 0 aliphatic heterocycles. The second kappa shape index (κ2) is 5.63. The molecular weight excluding hydrogens is 315 g/mol. The summed E-state index contributed by atoms with van der Waals surface area (Å²) in [5.74, 6) is -1.40. The molecule has 2 aromatic rings. The molecule has 0 heterocycles. The highest BCUT2D eigenvalue weighted by atomic mass is 35.5. The van der Waals surface area contributed by atoms with E-state index in [9.17, 15) is 8.78 Å². The minimum absolute atomic E-state index is 0.000268. The lowest BCUT2D eigenvalue weighted by molar-refractivity contribution is 0.577. The molecule has 0 spiro atoms. The maximum atomic E-state index is 13.8. The van der Waals surface area contributed by atoms with Gasteiger partial charge in [0.25, 0.3) is 0 Å². The van der Waals surface area contributed by atoms with Gasteiger partial charge in [0, 0.05) is 5.56 Å². The highest BCUT2D eigenvalue weighted by Gasteiger charge is 2.17. The van der Waals surface area contributed by atoms with Gasteiger partial charge in [-0.15, -0.1) is 0 Å². The molecule has 0 aromatic heterocycles. The van der Waals surface area contributed by atoms with Gasteiger partial charge in [0.05, 0.1) is 21.1 Å². The van der Waals surface area contributed by atoms with Crippen LogP contribution in [-0.2, 0) is 0 Å². The SMILES string of the molecule is NC(c1ccc(Cl)c(Cl)c1)c1cc(F)c(Cl)cc1F. The summed E-state index contributed by atoms with van der Waals surface area (Å²) in [6, 6.07) is 5.67. The van der Waals surface area contributed by atoms with Crippen LogP contribution in [0.5, 0.6) is 0 Å². The van der Waals surface area contributed by atoms with Crippen LogP contribution in [0.25, 0.3) is 0 Å². The normalized spacial score (nSPS) is 12.5. The smallest absolute Gasteiger partial charge is 0.142 e. The number of nitrogens with two attached hydrogens (primary N) is 1. The molecule has 1 unspecified atom stereocenters. The fourth-order valence-electron chi connectivity index (χ4n) is 1.66. The fourth-order valence-corrected chi connectivity index (χ4v) is 2.12. The summed E-state index contributed by atoms with van der Waals surface area (Å²) >= 11 is 17.1. The molecule has 0 bridgehead atoms. The molecule has 1 nitrogen and oxygen atoms in total. The van der Waals surface area contributed by atoms with E-state index in [0.29, 0.717) is 15.6 Å². The predicted molar refractivity (Wildman–Crippen MR) is 73.9 cm³/mol. The minimum atomic E-state index is -0.860. The summed E-state index contributed by atoms with van der Waals surface area (Å²) in [7, 11) is 0. The van der Waals surface area contributed by atoms with Crippen molar-refractivity contribution in [1.82, 2.24) is 0 Å². The molecule has 1 atom stereocenters. The van der Waals surface area contributed by atoms with E-state index in [0.717, 1.165) is 12.1 Å². The van der Waals surface area contributed by atoms with Gasteiger partial charge in [-0.2, -0.15) is 0 Å². The van der Waals surface area contributed by atoms with Gasteiger partial charge in [0.15, 0.2) is 0 Å². The zero-order chi connectivity index (χ0) is 14.2. The van der Waals surface area contributed by atoms with Crippen LogP contribution in [0, 0.1) is 11.6 Å². The van der Waals surface area contributed by atoms with Crippen LogP contribution >= 0.6 is 34.8 Å². The van der Waals surface area contributed by atoms with Crippen LogP contribution in [0.4, 0.5) is 8.78 Å². The molecule has 0 fully saturated rings. The molecule has 6 heteroatoms. The van der Waals surface area contributed by atoms with Crippen LogP contribution in [0.15, 0.2) is 30.3 Å². The van der Waals surface area contributed by atoms with Crippen LogP contribution in [0.2, 0.25) is 15.1 Å². The molecule has 0 saturated heterocycles. The molecule has 0 amide bonds. The van der Waals surface area contributed by atoms with E-state index in [4.69, 9.17) is 40.5 Å². The Morgan fingerprint density at radius 2 is 1.53 bits per heavy atom. The fraction of sp³-hybridized carbons (Fsp3) is 0.0769. The van der Waals surface area contributed by atoms with Crippen molar-refractivity contribution in [3.05, 3.63) is 68.2 Å². The zero-order valence-electron chi connectivity index (χ0n) is 9.43. The van der Waals surface area contributed by atoms with E-state index < -0.39 is 17.7 Å². The zero-order valence-corrected chi connectivity index (χ0v) is 11.7. The number of benzene rings is 2. The topological polar surface area (TPSA) is 26.0 Å². The summed E-state index contributed by atoms with van der Waals surface area (Å²) in [5.41, 5.74) is 6.43. The maximum absolute atomic E-state index is 13.8. The maximum Gasteiger partial charge on any atom is 0.142 e. The molecule has 19 heavy (non-hydrogen) atoms. The number of hydrogen-bond donors (Lipinski definition) is 1. The van der Waals surface area contributed by atoms with E-state index in [2.05, 4.69) is 0 Å². The first-order valence-electron chi connectivity index (χ1n) is 5.25. The third kappa shape index (κ3) is 3.00. The Kier molecular flexibility index (Phi) is 4.31. The Labute approximate surface area is 123 Å². The van der Waals surface area contributed by atoms with Gasteiger partial charge < -0.3 is 5.73 Å². The third-order valence-corrected chi connectivity index (χ3v) is 3.71. The molecule has 0 radical (unpaired) electrons. The van der Waals surface area contributed by atoms with Gasteiger partial charge in [-0.25, -0.2) is 8.78 Å². The van der Waals surface area contributed by atoms with Crippen molar-refractivity contribution >= 4 is 34.8 Å². The predicted octanol–water partition coefficient (Wildman–Crippen LogP) is 4.97. The number of rotatable bonds is 2. The van der Waals surface area contributed by atoms with Gasteiger partial charge >= 0.3 is 0 Å².